The van der Waals surface area contributed by atoms with Crippen molar-refractivity contribution in [1.82, 2.24) is 25.1 Å². The second kappa shape index (κ2) is 38.9. The van der Waals surface area contributed by atoms with Gasteiger partial charge in [-0.25, -0.2) is 17.9 Å². The summed E-state index contributed by atoms with van der Waals surface area (Å²) in [6, 6.07) is 8.58. The van der Waals surface area contributed by atoms with Crippen LogP contribution in [-0.2, 0) is 63.2 Å². The molecule has 31 heteroatoms. The highest BCUT2D eigenvalue weighted by atomic mass is 35.5. The number of carbonyl (C=O) groups is 2. The number of amides is 1. The molecule has 1 fully saturated rings. The summed E-state index contributed by atoms with van der Waals surface area (Å²) in [6.45, 7) is 7.02. The number of methoxy groups -OCH3 is 1. The van der Waals surface area contributed by atoms with E-state index in [2.05, 4.69) is 40.5 Å². The van der Waals surface area contributed by atoms with Crippen LogP contribution in [0.4, 0.5) is 19.0 Å². The van der Waals surface area contributed by atoms with E-state index < -0.39 is 58.1 Å². The number of carbonyl (C=O) groups excluding carboxylic acids is 2. The Labute approximate surface area is 474 Å². The molecule has 1 aliphatic carbocycles. The summed E-state index contributed by atoms with van der Waals surface area (Å²) in [6.07, 6.45) is 5.33. The molecule has 5 atom stereocenters. The van der Waals surface area contributed by atoms with Gasteiger partial charge in [0.2, 0.25) is 11.2 Å². The van der Waals surface area contributed by atoms with Crippen LogP contribution in [0.15, 0.2) is 52.7 Å². The second-order valence-corrected chi connectivity index (χ2v) is 20.6. The Morgan fingerprint density at radius 2 is 1.48 bits per heavy atom. The Hall–Kier alpha value is -4.71. The van der Waals surface area contributed by atoms with Crippen LogP contribution in [0.25, 0.3) is 11.0 Å². The summed E-state index contributed by atoms with van der Waals surface area (Å²) in [5, 5.41) is 15.4. The van der Waals surface area contributed by atoms with Crippen molar-refractivity contribution in [2.45, 2.75) is 44.1 Å². The maximum Gasteiger partial charge on any atom is 0.226 e. The third kappa shape index (κ3) is 24.6. The minimum atomic E-state index is -2.25. The molecule has 0 bridgehead atoms. The summed E-state index contributed by atoms with van der Waals surface area (Å²) in [7, 11) is -3.11. The van der Waals surface area contributed by atoms with E-state index in [1.807, 2.05) is 24.3 Å². The first-order valence-electron chi connectivity index (χ1n) is 25.9. The highest BCUT2D eigenvalue weighted by molar-refractivity contribution is 7.63. The molecular weight excluding hydrogens is 1140 g/mol. The number of hydrogen-bond donors (Lipinski definition) is 6. The molecule has 3 heterocycles. The molecule has 7 N–H and O–H groups in total. The van der Waals surface area contributed by atoms with Crippen molar-refractivity contribution >= 4 is 69.3 Å². The van der Waals surface area contributed by atoms with E-state index in [0.29, 0.717) is 173 Å². The average Bonchev–Trinajstić information content (AvgIpc) is 4.05. The zero-order valence-corrected chi connectivity index (χ0v) is 47.3. The molecule has 0 spiro atoms. The van der Waals surface area contributed by atoms with Crippen LogP contribution in [0.1, 0.15) is 42.7 Å². The van der Waals surface area contributed by atoms with Crippen molar-refractivity contribution < 1.29 is 89.3 Å². The van der Waals surface area contributed by atoms with Gasteiger partial charge in [-0.2, -0.15) is 20.2 Å². The Kier molecular flexibility index (Phi) is 32.3. The van der Waals surface area contributed by atoms with Gasteiger partial charge in [0.05, 0.1) is 162 Å². The number of nitrogens with two attached hydrogens (primary N) is 1. The summed E-state index contributed by atoms with van der Waals surface area (Å²) in [5.74, 6) is 1.49. The van der Waals surface area contributed by atoms with Crippen molar-refractivity contribution in [2.24, 2.45) is 21.9 Å². The minimum absolute atomic E-state index is 0.00661. The largest absolute Gasteiger partial charge is 0.491 e. The molecule has 2 aliphatic rings. The molecule has 1 aliphatic heterocycles. The first-order chi connectivity index (χ1) is 39.4. The molecule has 1 saturated heterocycles. The molecule has 0 radical (unpaired) electrons. The fraction of sp³-hybridized carbons (Fsp3) is 0.580. The van der Waals surface area contributed by atoms with E-state index in [-0.39, 0.29) is 36.4 Å². The van der Waals surface area contributed by atoms with Crippen molar-refractivity contribution in [3.8, 4) is 5.75 Å². The summed E-state index contributed by atoms with van der Waals surface area (Å²) < 4.78 is 98.7. The number of aldehydes is 1. The number of nitrogens with one attached hydrogen (secondary N) is 2. The lowest BCUT2D eigenvalue weighted by molar-refractivity contribution is -0.125. The molecule has 1 amide bonds. The molecule has 6 rings (SSSR count). The zero-order valence-electron chi connectivity index (χ0n) is 44.8. The average molecular weight is 1210 g/mol. The first kappa shape index (κ1) is 67.1. The lowest BCUT2D eigenvalue weighted by Crippen LogP contribution is -2.37. The number of aliphatic imine (C=N–C) groups is 1. The van der Waals surface area contributed by atoms with Gasteiger partial charge in [-0.1, -0.05) is 24.3 Å². The van der Waals surface area contributed by atoms with Crippen molar-refractivity contribution in [3.05, 3.63) is 76.5 Å². The number of anilines is 1. The van der Waals surface area contributed by atoms with Gasteiger partial charge in [0.15, 0.2) is 46.0 Å². The van der Waals surface area contributed by atoms with Crippen molar-refractivity contribution in [3.63, 3.8) is 0 Å². The smallest absolute Gasteiger partial charge is 0.226 e. The van der Waals surface area contributed by atoms with Crippen LogP contribution in [0.2, 0.25) is 5.28 Å². The lowest BCUT2D eigenvalue weighted by atomic mass is 9.99. The molecule has 2 aromatic heterocycles. The Bertz CT molecular complexity index is 2510. The number of fused-ring (bicyclic) bond motifs is 2. The quantitative estimate of drug-likeness (QED) is 0.00684. The molecule has 4 aromatic rings. The fourth-order valence-corrected chi connectivity index (χ4v) is 9.61. The molecule has 0 saturated carbocycles. The van der Waals surface area contributed by atoms with Gasteiger partial charge in [0.1, 0.15) is 23.6 Å². The topological polar surface area (TPSA) is 315 Å². The number of rotatable bonds is 40. The number of aromatic nitrogens is 4. The SMILES string of the molecule is COc1c(F)cc(F)cc1F.N/N=C(\C=NCCOCCOCCOCCOCCC=O)COCCOCCOCCOCCNC(=O)C1Cc2ccccc2C1Nc1nc(Cl)nc2c1cnn2C1CCC(COP(O)CP(O)O)O1. The number of hydrazone groups is 1. The van der Waals surface area contributed by atoms with E-state index in [0.717, 1.165) is 24.5 Å². The van der Waals surface area contributed by atoms with Crippen molar-refractivity contribution in [2.75, 3.05) is 144 Å². The maximum absolute atomic E-state index is 13.7. The van der Waals surface area contributed by atoms with E-state index in [4.69, 9.17) is 74.4 Å². The van der Waals surface area contributed by atoms with Gasteiger partial charge in [0.25, 0.3) is 0 Å². The van der Waals surface area contributed by atoms with Gasteiger partial charge in [0, 0.05) is 31.3 Å². The van der Waals surface area contributed by atoms with E-state index in [9.17, 15) is 27.7 Å². The highest BCUT2D eigenvalue weighted by Crippen LogP contribution is 2.45. The monoisotopic (exact) mass is 1210 g/mol. The highest BCUT2D eigenvalue weighted by Gasteiger charge is 2.38. The number of benzene rings is 2. The van der Waals surface area contributed by atoms with E-state index >= 15 is 0 Å². The van der Waals surface area contributed by atoms with Crippen LogP contribution >= 0.6 is 28.4 Å². The van der Waals surface area contributed by atoms with Crippen LogP contribution in [0.3, 0.4) is 0 Å². The predicted octanol–water partition coefficient (Wildman–Crippen LogP) is 4.39. The van der Waals surface area contributed by atoms with Gasteiger partial charge >= 0.3 is 0 Å². The van der Waals surface area contributed by atoms with Gasteiger partial charge < -0.3 is 87.8 Å². The number of ether oxygens (including phenoxy) is 10. The fourth-order valence-electron chi connectivity index (χ4n) is 7.92. The Morgan fingerprint density at radius 1 is 0.864 bits per heavy atom. The Balaban J connectivity index is 0.000000975. The Morgan fingerprint density at radius 3 is 2.11 bits per heavy atom. The standard InChI is InChI=1S/C43H66ClN9O15P2.C7H5F3O/c44-43-50-40(37-28-48-53(41(37)51-43)38-7-6-34(68-38)30-67-70(58)31-69(56)57)49-39-35-5-2-1-4-32(35)26-36(39)42(55)47-9-13-61-16-19-64-22-23-65-24-25-66-29-33(52-45)27-46-8-12-60-15-18-63-21-20-62-17-14-59-11-3-10-54;1-11-7-5(9)2-4(8)3-6(7)10/h1-2,4-5,10,27-28,34,36,38-39,56-58H,3,6-9,11-26,29-31,45H2,(H,47,55)(H,49,50,51);2-3H,1H3/b46-27?,52-33+;. The van der Waals surface area contributed by atoms with Crippen LogP contribution in [0, 0.1) is 23.4 Å². The van der Waals surface area contributed by atoms with Gasteiger partial charge in [-0.15, -0.1) is 0 Å². The van der Waals surface area contributed by atoms with E-state index in [1.165, 1.54) is 0 Å². The maximum atomic E-state index is 13.7. The normalized spacial score (nSPS) is 17.4. The molecule has 81 heavy (non-hydrogen) atoms. The molecule has 25 nitrogen and oxygen atoms in total. The van der Waals surface area contributed by atoms with Crippen LogP contribution in [0.5, 0.6) is 5.75 Å². The third-order valence-electron chi connectivity index (χ3n) is 11.6. The number of nitrogens with zero attached hydrogens (tertiary/aromatic N) is 6. The van der Waals surface area contributed by atoms with Gasteiger partial charge in [-0.05, 0) is 42.0 Å². The molecule has 450 valence electrons. The van der Waals surface area contributed by atoms with Gasteiger partial charge in [-0.3, -0.25) is 9.79 Å². The lowest BCUT2D eigenvalue weighted by Gasteiger charge is -2.22. The molecule has 2 aromatic carbocycles. The molecular formula is C50H71ClF3N9O16P2. The predicted molar refractivity (Wildman–Crippen MR) is 293 cm³/mol. The van der Waals surface area contributed by atoms with E-state index in [1.54, 1.807) is 17.1 Å². The minimum Gasteiger partial charge on any atom is -0.491 e. The summed E-state index contributed by atoms with van der Waals surface area (Å²) in [5.41, 5.74) is 2.96. The molecule has 5 unspecified atom stereocenters. The third-order valence-corrected chi connectivity index (χ3v) is 14.2. The number of hydrogen-bond acceptors (Lipinski definition) is 23. The second-order valence-electron chi connectivity index (χ2n) is 17.4. The number of halogens is 4. The first-order valence-corrected chi connectivity index (χ1v) is 29.1. The van der Waals surface area contributed by atoms with Crippen LogP contribution in [-0.4, -0.2) is 203 Å². The summed E-state index contributed by atoms with van der Waals surface area (Å²) >= 11 is 6.46. The van der Waals surface area contributed by atoms with Crippen LogP contribution < -0.4 is 21.2 Å². The van der Waals surface area contributed by atoms with Crippen molar-refractivity contribution in [1.29, 1.82) is 0 Å². The zero-order chi connectivity index (χ0) is 58.0. The summed E-state index contributed by atoms with van der Waals surface area (Å²) in [4.78, 5) is 65.3.